The summed E-state index contributed by atoms with van der Waals surface area (Å²) in [5, 5.41) is 11.5. The normalized spacial score (nSPS) is 10.3. The van der Waals surface area contributed by atoms with Crippen LogP contribution < -0.4 is 11.1 Å². The Morgan fingerprint density at radius 3 is 2.55 bits per heavy atom. The van der Waals surface area contributed by atoms with Gasteiger partial charge in [0.25, 0.3) is 5.91 Å². The molecule has 1 amide bonds. The second-order valence-corrected chi connectivity index (χ2v) is 4.51. The van der Waals surface area contributed by atoms with Crippen molar-refractivity contribution < 1.29 is 14.3 Å². The average molecular weight is 274 g/mol. The number of anilines is 2. The quantitative estimate of drug-likeness (QED) is 0.752. The molecule has 0 aliphatic carbocycles. The van der Waals surface area contributed by atoms with Crippen LogP contribution in [0, 0.1) is 12.7 Å². The Morgan fingerprint density at radius 2 is 1.95 bits per heavy atom. The molecule has 2 aromatic carbocycles. The van der Waals surface area contributed by atoms with E-state index in [9.17, 15) is 9.18 Å². The highest BCUT2D eigenvalue weighted by atomic mass is 19.1. The lowest BCUT2D eigenvalue weighted by Crippen LogP contribution is -2.15. The van der Waals surface area contributed by atoms with Crippen molar-refractivity contribution in [1.29, 1.82) is 0 Å². The van der Waals surface area contributed by atoms with Crippen LogP contribution in [0.3, 0.4) is 0 Å². The molecule has 0 fully saturated rings. The Morgan fingerprint density at radius 1 is 1.30 bits per heavy atom. The third-order valence-electron chi connectivity index (χ3n) is 2.92. The van der Waals surface area contributed by atoms with Crippen LogP contribution >= 0.6 is 0 Å². The van der Waals surface area contributed by atoms with Crippen molar-refractivity contribution in [1.82, 2.24) is 0 Å². The number of rotatable bonds is 3. The highest BCUT2D eigenvalue weighted by molar-refractivity contribution is 6.05. The van der Waals surface area contributed by atoms with Crippen LogP contribution in [0.1, 0.15) is 21.5 Å². The minimum atomic E-state index is -0.580. The third kappa shape index (κ3) is 2.95. The van der Waals surface area contributed by atoms with Crippen LogP contribution in [0.25, 0.3) is 0 Å². The SMILES string of the molecule is Cc1cc(N)cc(C(=O)Nc2ccc(CO)cc2)c1F. The molecule has 0 bridgehead atoms. The fourth-order valence-corrected chi connectivity index (χ4v) is 1.85. The number of hydrogen-bond donors (Lipinski definition) is 3. The number of aliphatic hydroxyl groups is 1. The summed E-state index contributed by atoms with van der Waals surface area (Å²) >= 11 is 0. The topological polar surface area (TPSA) is 75.4 Å². The van der Waals surface area contributed by atoms with Crippen LogP contribution in [0.2, 0.25) is 0 Å². The summed E-state index contributed by atoms with van der Waals surface area (Å²) in [6.45, 7) is 1.48. The highest BCUT2D eigenvalue weighted by Crippen LogP contribution is 2.19. The standard InChI is InChI=1S/C15H15FN2O2/c1-9-6-11(17)7-13(14(9)16)15(20)18-12-4-2-10(8-19)3-5-12/h2-7,19H,8,17H2,1H3,(H,18,20). The maximum Gasteiger partial charge on any atom is 0.258 e. The van der Waals surface area contributed by atoms with Crippen molar-refractivity contribution in [2.75, 3.05) is 11.1 Å². The van der Waals surface area contributed by atoms with Gasteiger partial charge in [-0.15, -0.1) is 0 Å². The molecule has 0 saturated heterocycles. The molecule has 2 rings (SSSR count). The molecule has 0 unspecified atom stereocenters. The minimum absolute atomic E-state index is 0.0722. The van der Waals surface area contributed by atoms with E-state index in [-0.39, 0.29) is 12.2 Å². The molecule has 0 heterocycles. The summed E-state index contributed by atoms with van der Waals surface area (Å²) in [5.74, 6) is -1.14. The number of aryl methyl sites for hydroxylation is 1. The number of aliphatic hydroxyl groups excluding tert-OH is 1. The van der Waals surface area contributed by atoms with E-state index < -0.39 is 11.7 Å². The van der Waals surface area contributed by atoms with Crippen molar-refractivity contribution in [3.05, 3.63) is 58.9 Å². The van der Waals surface area contributed by atoms with Crippen LogP contribution in [0.4, 0.5) is 15.8 Å². The summed E-state index contributed by atoms with van der Waals surface area (Å²) < 4.78 is 13.9. The van der Waals surface area contributed by atoms with Crippen LogP contribution in [-0.4, -0.2) is 11.0 Å². The number of halogens is 1. The van der Waals surface area contributed by atoms with E-state index >= 15 is 0 Å². The lowest BCUT2D eigenvalue weighted by Gasteiger charge is -2.09. The van der Waals surface area contributed by atoms with Crippen molar-refractivity contribution in [3.8, 4) is 0 Å². The van der Waals surface area contributed by atoms with Crippen molar-refractivity contribution in [2.45, 2.75) is 13.5 Å². The summed E-state index contributed by atoms with van der Waals surface area (Å²) in [7, 11) is 0. The molecule has 0 aromatic heterocycles. The lowest BCUT2D eigenvalue weighted by atomic mass is 10.1. The number of carbonyl (C=O) groups excluding carboxylic acids is 1. The molecule has 4 nitrogen and oxygen atoms in total. The van der Waals surface area contributed by atoms with Gasteiger partial charge in [0.2, 0.25) is 0 Å². The van der Waals surface area contributed by atoms with Gasteiger partial charge in [-0.05, 0) is 42.3 Å². The number of amides is 1. The first-order valence-corrected chi connectivity index (χ1v) is 6.08. The molecule has 0 saturated carbocycles. The van der Waals surface area contributed by atoms with Crippen LogP contribution in [-0.2, 0) is 6.61 Å². The predicted molar refractivity (Wildman–Crippen MR) is 75.9 cm³/mol. The predicted octanol–water partition coefficient (Wildman–Crippen LogP) is 2.46. The second-order valence-electron chi connectivity index (χ2n) is 4.51. The Labute approximate surface area is 116 Å². The third-order valence-corrected chi connectivity index (χ3v) is 2.92. The van der Waals surface area contributed by atoms with E-state index in [0.29, 0.717) is 16.9 Å². The lowest BCUT2D eigenvalue weighted by molar-refractivity contribution is 0.102. The summed E-state index contributed by atoms with van der Waals surface area (Å²) in [5.41, 5.74) is 7.45. The molecule has 104 valence electrons. The Bertz CT molecular complexity index is 639. The minimum Gasteiger partial charge on any atom is -0.399 e. The van der Waals surface area contributed by atoms with Gasteiger partial charge >= 0.3 is 0 Å². The maximum absolute atomic E-state index is 13.9. The first kappa shape index (κ1) is 14.0. The summed E-state index contributed by atoms with van der Waals surface area (Å²) in [4.78, 5) is 12.0. The van der Waals surface area contributed by atoms with E-state index in [1.165, 1.54) is 12.1 Å². The molecular weight excluding hydrogens is 259 g/mol. The van der Waals surface area contributed by atoms with Crippen molar-refractivity contribution >= 4 is 17.3 Å². The monoisotopic (exact) mass is 274 g/mol. The van der Waals surface area contributed by atoms with Gasteiger partial charge < -0.3 is 16.2 Å². The van der Waals surface area contributed by atoms with Gasteiger partial charge in [0, 0.05) is 11.4 Å². The Kier molecular flexibility index (Phi) is 4.00. The number of benzene rings is 2. The first-order valence-electron chi connectivity index (χ1n) is 6.08. The smallest absolute Gasteiger partial charge is 0.258 e. The van der Waals surface area contributed by atoms with Gasteiger partial charge in [0.05, 0.1) is 12.2 Å². The van der Waals surface area contributed by atoms with E-state index in [1.54, 1.807) is 31.2 Å². The Balaban J connectivity index is 2.23. The fraction of sp³-hybridized carbons (Fsp3) is 0.133. The maximum atomic E-state index is 13.9. The van der Waals surface area contributed by atoms with Crippen LogP contribution in [0.15, 0.2) is 36.4 Å². The number of nitrogen functional groups attached to an aromatic ring is 1. The molecular formula is C15H15FN2O2. The average Bonchev–Trinajstić information content (AvgIpc) is 2.43. The molecule has 0 aliphatic heterocycles. The molecule has 0 radical (unpaired) electrons. The van der Waals surface area contributed by atoms with Gasteiger partial charge in [-0.25, -0.2) is 4.39 Å². The zero-order valence-electron chi connectivity index (χ0n) is 11.0. The van der Waals surface area contributed by atoms with Gasteiger partial charge in [-0.3, -0.25) is 4.79 Å². The number of hydrogen-bond acceptors (Lipinski definition) is 3. The van der Waals surface area contributed by atoms with Crippen molar-refractivity contribution in [2.24, 2.45) is 0 Å². The first-order chi connectivity index (χ1) is 9.51. The number of nitrogens with two attached hydrogens (primary N) is 1. The molecule has 4 N–H and O–H groups in total. The van der Waals surface area contributed by atoms with E-state index in [1.807, 2.05) is 0 Å². The molecule has 0 atom stereocenters. The summed E-state index contributed by atoms with van der Waals surface area (Å²) in [6, 6.07) is 9.41. The van der Waals surface area contributed by atoms with Gasteiger partial charge in [0.15, 0.2) is 0 Å². The fourth-order valence-electron chi connectivity index (χ4n) is 1.85. The van der Waals surface area contributed by atoms with E-state index in [0.717, 1.165) is 5.56 Å². The molecule has 20 heavy (non-hydrogen) atoms. The van der Waals surface area contributed by atoms with E-state index in [4.69, 9.17) is 10.8 Å². The van der Waals surface area contributed by atoms with Crippen molar-refractivity contribution in [3.63, 3.8) is 0 Å². The van der Waals surface area contributed by atoms with Gasteiger partial charge in [0.1, 0.15) is 5.82 Å². The summed E-state index contributed by atoms with van der Waals surface area (Å²) in [6.07, 6.45) is 0. The number of carbonyl (C=O) groups is 1. The van der Waals surface area contributed by atoms with Gasteiger partial charge in [-0.1, -0.05) is 12.1 Å². The van der Waals surface area contributed by atoms with E-state index in [2.05, 4.69) is 5.32 Å². The second kappa shape index (κ2) is 5.71. The zero-order valence-corrected chi connectivity index (χ0v) is 11.0. The largest absolute Gasteiger partial charge is 0.399 e. The molecule has 0 aliphatic rings. The highest BCUT2D eigenvalue weighted by Gasteiger charge is 2.14. The molecule has 5 heteroatoms. The number of nitrogens with one attached hydrogen (secondary N) is 1. The van der Waals surface area contributed by atoms with Gasteiger partial charge in [-0.2, -0.15) is 0 Å². The van der Waals surface area contributed by atoms with Crippen LogP contribution in [0.5, 0.6) is 0 Å². The molecule has 0 spiro atoms. The Hall–Kier alpha value is -2.40. The zero-order chi connectivity index (χ0) is 14.7. The molecule has 2 aromatic rings.